The third-order valence-electron chi connectivity index (χ3n) is 10.7. The van der Waals surface area contributed by atoms with Crippen LogP contribution >= 0.6 is 0 Å². The van der Waals surface area contributed by atoms with E-state index < -0.39 is 18.1 Å². The highest BCUT2D eigenvalue weighted by Crippen LogP contribution is 2.58. The fraction of sp³-hybridized carbons (Fsp3) is 0.400. The van der Waals surface area contributed by atoms with Crippen LogP contribution in [0.3, 0.4) is 0 Å². The van der Waals surface area contributed by atoms with Crippen molar-refractivity contribution in [1.29, 1.82) is 5.26 Å². The van der Waals surface area contributed by atoms with Crippen LogP contribution in [0.15, 0.2) is 55.1 Å². The van der Waals surface area contributed by atoms with Crippen molar-refractivity contribution in [3.05, 3.63) is 99.6 Å². The van der Waals surface area contributed by atoms with Crippen LogP contribution in [0.25, 0.3) is 6.08 Å². The number of piperazine rings is 1. The molecule has 1 saturated heterocycles. The highest BCUT2D eigenvalue weighted by molar-refractivity contribution is 5.87. The zero-order valence-electron chi connectivity index (χ0n) is 29.2. The third-order valence-corrected chi connectivity index (χ3v) is 10.7. The number of carbonyl (C=O) groups is 1. The Labute approximate surface area is 293 Å². The third kappa shape index (κ3) is 5.59. The Kier molecular flexibility index (Phi) is 9.31. The van der Waals surface area contributed by atoms with Gasteiger partial charge in [0.2, 0.25) is 6.79 Å². The van der Waals surface area contributed by atoms with Gasteiger partial charge in [0.15, 0.2) is 18.3 Å². The Morgan fingerprint density at radius 2 is 1.82 bits per heavy atom. The van der Waals surface area contributed by atoms with E-state index in [1.54, 1.807) is 19.3 Å². The SMILES string of the molecule is C=CCOc1c(C)c2c(c3c1CC1[C@H]4c5c(cc(C)c(C)c5OCOC)C[C@H]([C@H](C#N)N1[C@H]3COC(=O)/C=C/c1ccccc1)N4C)OCO2. The number of rotatable bonds is 10. The molecule has 1 unspecified atom stereocenters. The van der Waals surface area contributed by atoms with Gasteiger partial charge in [-0.15, -0.1) is 0 Å². The van der Waals surface area contributed by atoms with Crippen LogP contribution in [0, 0.1) is 32.1 Å². The highest BCUT2D eigenvalue weighted by atomic mass is 16.7. The number of fused-ring (bicyclic) bond motifs is 9. The van der Waals surface area contributed by atoms with Crippen LogP contribution in [0.5, 0.6) is 23.0 Å². The second-order valence-corrected chi connectivity index (χ2v) is 13.3. The van der Waals surface area contributed by atoms with Gasteiger partial charge in [-0.1, -0.05) is 49.1 Å². The lowest BCUT2D eigenvalue weighted by atomic mass is 9.71. The largest absolute Gasteiger partial charge is 0.489 e. The Bertz CT molecular complexity index is 1880. The molecule has 260 valence electrons. The van der Waals surface area contributed by atoms with Gasteiger partial charge in [-0.05, 0) is 69.0 Å². The van der Waals surface area contributed by atoms with Crippen LogP contribution < -0.4 is 18.9 Å². The van der Waals surface area contributed by atoms with Crippen molar-refractivity contribution in [2.24, 2.45) is 0 Å². The normalized spacial score (nSPS) is 23.4. The Morgan fingerprint density at radius 3 is 2.56 bits per heavy atom. The molecule has 4 aliphatic heterocycles. The fourth-order valence-corrected chi connectivity index (χ4v) is 8.42. The maximum atomic E-state index is 13.3. The summed E-state index contributed by atoms with van der Waals surface area (Å²) in [6.45, 7) is 10.5. The van der Waals surface area contributed by atoms with E-state index in [1.807, 2.05) is 37.3 Å². The quantitative estimate of drug-likeness (QED) is 0.111. The lowest BCUT2D eigenvalue weighted by Crippen LogP contribution is -2.68. The summed E-state index contributed by atoms with van der Waals surface area (Å²) >= 11 is 0. The first-order chi connectivity index (χ1) is 24.3. The van der Waals surface area contributed by atoms with Gasteiger partial charge in [-0.25, -0.2) is 4.79 Å². The van der Waals surface area contributed by atoms with Crippen LogP contribution in [0.2, 0.25) is 0 Å². The van der Waals surface area contributed by atoms with Gasteiger partial charge < -0.3 is 28.4 Å². The molecule has 4 aliphatic rings. The minimum absolute atomic E-state index is 0.00459. The van der Waals surface area contributed by atoms with E-state index in [0.29, 0.717) is 36.7 Å². The zero-order valence-corrected chi connectivity index (χ0v) is 29.2. The van der Waals surface area contributed by atoms with Crippen LogP contribution in [-0.4, -0.2) is 74.9 Å². The monoisotopic (exact) mass is 677 g/mol. The average molecular weight is 678 g/mol. The van der Waals surface area contributed by atoms with E-state index in [2.05, 4.69) is 49.4 Å². The molecule has 0 N–H and O–H groups in total. The summed E-state index contributed by atoms with van der Waals surface area (Å²) < 4.78 is 36.4. The molecular formula is C40H43N3O7. The molecule has 0 aliphatic carbocycles. The number of likely N-dealkylation sites (N-methyl/N-ethyl adjacent to an activating group) is 1. The van der Waals surface area contributed by atoms with E-state index in [9.17, 15) is 10.1 Å². The first kappa shape index (κ1) is 33.7. The van der Waals surface area contributed by atoms with E-state index >= 15 is 0 Å². The molecule has 50 heavy (non-hydrogen) atoms. The van der Waals surface area contributed by atoms with Gasteiger partial charge in [0.1, 0.15) is 30.8 Å². The molecule has 4 heterocycles. The minimum Gasteiger partial charge on any atom is -0.489 e. The second kappa shape index (κ2) is 13.8. The van der Waals surface area contributed by atoms with Gasteiger partial charge in [0, 0.05) is 47.5 Å². The van der Waals surface area contributed by atoms with Crippen molar-refractivity contribution in [2.75, 3.05) is 41.0 Å². The van der Waals surface area contributed by atoms with Crippen molar-refractivity contribution in [1.82, 2.24) is 9.80 Å². The lowest BCUT2D eigenvalue weighted by molar-refractivity contribution is -0.143. The zero-order chi connectivity index (χ0) is 35.1. The number of esters is 1. The Balaban J connectivity index is 1.39. The van der Waals surface area contributed by atoms with E-state index in [0.717, 1.165) is 44.7 Å². The number of hydrogen-bond acceptors (Lipinski definition) is 10. The average Bonchev–Trinajstić information content (AvgIpc) is 3.61. The molecule has 3 aromatic rings. The molecule has 0 spiro atoms. The molecule has 7 rings (SSSR count). The predicted molar refractivity (Wildman–Crippen MR) is 187 cm³/mol. The van der Waals surface area contributed by atoms with Gasteiger partial charge in [0.25, 0.3) is 0 Å². The molecule has 0 radical (unpaired) electrons. The molecule has 1 fully saturated rings. The van der Waals surface area contributed by atoms with Crippen molar-refractivity contribution in [3.63, 3.8) is 0 Å². The van der Waals surface area contributed by atoms with Gasteiger partial charge in [-0.3, -0.25) is 9.80 Å². The summed E-state index contributed by atoms with van der Waals surface area (Å²) in [5, 5.41) is 11.0. The molecule has 5 atom stereocenters. The molecule has 10 nitrogen and oxygen atoms in total. The number of methoxy groups -OCH3 is 1. The van der Waals surface area contributed by atoms with E-state index in [1.165, 1.54) is 11.6 Å². The number of aryl methyl sites for hydroxylation is 1. The molecule has 0 aromatic heterocycles. The van der Waals surface area contributed by atoms with Crippen molar-refractivity contribution in [3.8, 4) is 29.1 Å². The summed E-state index contributed by atoms with van der Waals surface area (Å²) in [6, 6.07) is 13.0. The first-order valence-corrected chi connectivity index (χ1v) is 17.0. The maximum absolute atomic E-state index is 13.3. The summed E-state index contributed by atoms with van der Waals surface area (Å²) in [5.74, 6) is 2.26. The number of carbonyl (C=O) groups excluding carboxylic acids is 1. The van der Waals surface area contributed by atoms with Gasteiger partial charge in [-0.2, -0.15) is 5.26 Å². The predicted octanol–water partition coefficient (Wildman–Crippen LogP) is 5.92. The fourth-order valence-electron chi connectivity index (χ4n) is 8.42. The van der Waals surface area contributed by atoms with E-state index in [4.69, 9.17) is 28.4 Å². The summed E-state index contributed by atoms with van der Waals surface area (Å²) in [5.41, 5.74) is 7.99. The number of nitrogens with zero attached hydrogens (tertiary/aromatic N) is 3. The Morgan fingerprint density at radius 1 is 1.04 bits per heavy atom. The first-order valence-electron chi connectivity index (χ1n) is 17.0. The molecule has 0 amide bonds. The smallest absolute Gasteiger partial charge is 0.330 e. The molecule has 0 saturated carbocycles. The van der Waals surface area contributed by atoms with Crippen LogP contribution in [0.4, 0.5) is 0 Å². The number of ether oxygens (including phenoxy) is 6. The summed E-state index contributed by atoms with van der Waals surface area (Å²) in [7, 11) is 3.73. The number of hydrogen-bond donors (Lipinski definition) is 0. The molecule has 2 bridgehead atoms. The lowest BCUT2D eigenvalue weighted by Gasteiger charge is -2.60. The molecule has 3 aromatic carbocycles. The second-order valence-electron chi connectivity index (χ2n) is 13.3. The van der Waals surface area contributed by atoms with Gasteiger partial charge in [0.05, 0.1) is 18.2 Å². The summed E-state index contributed by atoms with van der Waals surface area (Å²) in [4.78, 5) is 17.9. The van der Waals surface area contributed by atoms with E-state index in [-0.39, 0.29) is 38.3 Å². The van der Waals surface area contributed by atoms with Crippen molar-refractivity contribution in [2.45, 2.75) is 63.8 Å². The maximum Gasteiger partial charge on any atom is 0.330 e. The number of nitriles is 1. The minimum atomic E-state index is -0.528. The van der Waals surface area contributed by atoms with Crippen LogP contribution in [0.1, 0.15) is 56.6 Å². The van der Waals surface area contributed by atoms with Crippen molar-refractivity contribution < 1.29 is 33.2 Å². The van der Waals surface area contributed by atoms with Crippen LogP contribution in [-0.2, 0) is 27.1 Å². The molecule has 10 heteroatoms. The topological polar surface area (TPSA) is 103 Å². The van der Waals surface area contributed by atoms with Crippen molar-refractivity contribution >= 4 is 12.0 Å². The summed E-state index contributed by atoms with van der Waals surface area (Å²) in [6.07, 6.45) is 6.10. The Hall–Kier alpha value is -4.82. The standard InChI is InChI=1S/C40H43N3O7/c1-7-15-46-37-25(4)39-40(50-22-49-39)35-28(37)18-30-36-34-27(16-23(2)24(3)38(34)48-21-45-6)17-29(42(36)5)31(19-41)43(30)32(35)20-47-33(44)14-13-26-11-9-8-10-12-26/h7-14,16,29-32,36H,1,15,17-18,20-22H2,2-6H3/b14-13+/t29-,30?,31+,32+,36+/m1/s1. The van der Waals surface area contributed by atoms with Gasteiger partial charge >= 0.3 is 5.97 Å². The molecular weight excluding hydrogens is 634 g/mol. The number of benzene rings is 3. The highest BCUT2D eigenvalue weighted by Gasteiger charge is 2.57.